The van der Waals surface area contributed by atoms with Crippen molar-refractivity contribution in [3.63, 3.8) is 0 Å². The zero-order valence-electron chi connectivity index (χ0n) is 29.6. The quantitative estimate of drug-likeness (QED) is 0.0788. The number of hydrogen-bond acceptors (Lipinski definition) is 4. The van der Waals surface area contributed by atoms with Crippen molar-refractivity contribution in [2.75, 3.05) is 47.4 Å². The fourth-order valence-corrected chi connectivity index (χ4v) is 5.98. The zero-order chi connectivity index (χ0) is 31.0. The topological polar surface area (TPSA) is 48.1 Å². The minimum absolute atomic E-state index is 0.724. The number of hydrogen-bond donors (Lipinski definition) is 4. The largest absolute Gasteiger partial charge is 0.383 e. The predicted molar refractivity (Wildman–Crippen MR) is 194 cm³/mol. The molecule has 0 aliphatic carbocycles. The Morgan fingerprint density at radius 1 is 0.381 bits per heavy atom. The molecule has 0 heterocycles. The summed E-state index contributed by atoms with van der Waals surface area (Å²) in [5, 5.41) is 15.7. The van der Waals surface area contributed by atoms with E-state index in [2.05, 4.69) is 88.8 Å². The van der Waals surface area contributed by atoms with Crippen molar-refractivity contribution in [3.05, 3.63) is 12.1 Å². The second-order valence-electron chi connectivity index (χ2n) is 13.1. The first-order valence-corrected chi connectivity index (χ1v) is 18.6. The summed E-state index contributed by atoms with van der Waals surface area (Å²) in [5.41, 5.74) is 5.07. The van der Waals surface area contributed by atoms with Gasteiger partial charge in [0.05, 0.1) is 22.7 Å². The molecule has 0 radical (unpaired) electrons. The van der Waals surface area contributed by atoms with E-state index in [4.69, 9.17) is 0 Å². The van der Waals surface area contributed by atoms with E-state index in [9.17, 15) is 0 Å². The SMILES string of the molecule is CCCCC(CC)CNc1cc(NCC(CC)CCCC)c(NCC(CC)CCCC)cc1NCC(CC)CCCC. The Morgan fingerprint density at radius 2 is 0.595 bits per heavy atom. The van der Waals surface area contributed by atoms with Crippen LogP contribution in [0.15, 0.2) is 12.1 Å². The van der Waals surface area contributed by atoms with E-state index < -0.39 is 0 Å². The van der Waals surface area contributed by atoms with Gasteiger partial charge in [0.15, 0.2) is 0 Å². The van der Waals surface area contributed by atoms with Gasteiger partial charge in [0, 0.05) is 26.2 Å². The summed E-state index contributed by atoms with van der Waals surface area (Å²) in [7, 11) is 0. The zero-order valence-corrected chi connectivity index (χ0v) is 29.6. The van der Waals surface area contributed by atoms with Crippen molar-refractivity contribution in [2.45, 2.75) is 158 Å². The molecule has 0 saturated carbocycles. The van der Waals surface area contributed by atoms with Gasteiger partial charge in [0.1, 0.15) is 0 Å². The first-order valence-electron chi connectivity index (χ1n) is 18.6. The van der Waals surface area contributed by atoms with Crippen LogP contribution in [0.5, 0.6) is 0 Å². The van der Waals surface area contributed by atoms with Gasteiger partial charge in [-0.05, 0) is 61.5 Å². The van der Waals surface area contributed by atoms with E-state index >= 15 is 0 Å². The van der Waals surface area contributed by atoms with E-state index in [1.807, 2.05) is 0 Å². The van der Waals surface area contributed by atoms with Crippen LogP contribution in [0.2, 0.25) is 0 Å². The first-order chi connectivity index (χ1) is 20.5. The summed E-state index contributed by atoms with van der Waals surface area (Å²) < 4.78 is 0. The van der Waals surface area contributed by atoms with Gasteiger partial charge in [0.2, 0.25) is 0 Å². The molecule has 0 spiro atoms. The summed E-state index contributed by atoms with van der Waals surface area (Å²) in [5.74, 6) is 2.90. The summed E-state index contributed by atoms with van der Waals surface area (Å²) in [6, 6.07) is 4.84. The van der Waals surface area contributed by atoms with Crippen LogP contribution in [0.3, 0.4) is 0 Å². The van der Waals surface area contributed by atoms with Crippen LogP contribution >= 0.6 is 0 Å². The standard InChI is InChI=1S/C38H74N4/c1-9-17-21-31(13-5)27-39-35-25-37(41-29-33(15-7)23-19-11-3)38(42-30-34(16-8)24-20-12-4)26-36(35)40-28-32(14-6)22-18-10-2/h25-26,31-34,39-42H,9-24,27-30H2,1-8H3. The number of rotatable bonds is 28. The van der Waals surface area contributed by atoms with Crippen molar-refractivity contribution >= 4 is 22.7 Å². The molecule has 246 valence electrons. The molecule has 0 bridgehead atoms. The van der Waals surface area contributed by atoms with Crippen LogP contribution in [0.25, 0.3) is 0 Å². The number of benzene rings is 1. The molecule has 4 unspecified atom stereocenters. The lowest BCUT2D eigenvalue weighted by atomic mass is 9.98. The van der Waals surface area contributed by atoms with Crippen molar-refractivity contribution < 1.29 is 0 Å². The molecule has 1 aromatic rings. The van der Waals surface area contributed by atoms with Crippen LogP contribution < -0.4 is 21.3 Å². The molecule has 0 amide bonds. The van der Waals surface area contributed by atoms with Gasteiger partial charge in [-0.25, -0.2) is 0 Å². The second kappa shape index (κ2) is 24.8. The third-order valence-corrected chi connectivity index (χ3v) is 9.66. The van der Waals surface area contributed by atoms with Crippen LogP contribution in [-0.4, -0.2) is 26.2 Å². The van der Waals surface area contributed by atoms with E-state index in [-0.39, 0.29) is 0 Å². The molecule has 42 heavy (non-hydrogen) atoms. The molecule has 0 fully saturated rings. The van der Waals surface area contributed by atoms with E-state index in [1.54, 1.807) is 0 Å². The maximum Gasteiger partial charge on any atom is 0.0598 e. The van der Waals surface area contributed by atoms with Gasteiger partial charge < -0.3 is 21.3 Å². The van der Waals surface area contributed by atoms with Gasteiger partial charge in [-0.2, -0.15) is 0 Å². The Balaban J connectivity index is 3.34. The molecule has 0 saturated heterocycles. The Labute approximate surface area is 263 Å². The maximum atomic E-state index is 3.94. The fourth-order valence-electron chi connectivity index (χ4n) is 5.98. The van der Waals surface area contributed by atoms with Crippen molar-refractivity contribution in [3.8, 4) is 0 Å². The first kappa shape index (κ1) is 38.4. The fraction of sp³-hybridized carbons (Fsp3) is 0.842. The minimum Gasteiger partial charge on any atom is -0.383 e. The van der Waals surface area contributed by atoms with Gasteiger partial charge in [0.25, 0.3) is 0 Å². The number of nitrogens with one attached hydrogen (secondary N) is 4. The normalized spacial score (nSPS) is 14.3. The molecule has 4 nitrogen and oxygen atoms in total. The van der Waals surface area contributed by atoms with Crippen molar-refractivity contribution in [1.29, 1.82) is 0 Å². The molecule has 1 rings (SSSR count). The third kappa shape index (κ3) is 15.8. The summed E-state index contributed by atoms with van der Waals surface area (Å²) in [6.45, 7) is 22.8. The number of anilines is 4. The Hall–Kier alpha value is -1.58. The predicted octanol–water partition coefficient (Wildman–Crippen LogP) is 12.2. The van der Waals surface area contributed by atoms with Gasteiger partial charge in [-0.15, -0.1) is 0 Å². The Bertz CT molecular complexity index is 641. The van der Waals surface area contributed by atoms with Crippen LogP contribution in [0.1, 0.15) is 158 Å². The summed E-state index contributed by atoms with van der Waals surface area (Å²) in [4.78, 5) is 0. The Morgan fingerprint density at radius 3 is 0.762 bits per heavy atom. The summed E-state index contributed by atoms with van der Waals surface area (Å²) in [6.07, 6.45) is 20.6. The van der Waals surface area contributed by atoms with Crippen molar-refractivity contribution in [1.82, 2.24) is 0 Å². The minimum atomic E-state index is 0.724. The maximum absolute atomic E-state index is 3.94. The molecule has 4 atom stereocenters. The average molecular weight is 587 g/mol. The summed E-state index contributed by atoms with van der Waals surface area (Å²) >= 11 is 0. The monoisotopic (exact) mass is 587 g/mol. The highest BCUT2D eigenvalue weighted by atomic mass is 15.0. The lowest BCUT2D eigenvalue weighted by molar-refractivity contribution is 0.470. The molecule has 4 N–H and O–H groups in total. The van der Waals surface area contributed by atoms with Gasteiger partial charge in [-0.1, -0.05) is 132 Å². The Kier molecular flexibility index (Phi) is 22.7. The highest BCUT2D eigenvalue weighted by molar-refractivity contribution is 5.84. The highest BCUT2D eigenvalue weighted by Crippen LogP contribution is 2.35. The van der Waals surface area contributed by atoms with Gasteiger partial charge in [-0.3, -0.25) is 0 Å². The van der Waals surface area contributed by atoms with E-state index in [1.165, 1.54) is 125 Å². The van der Waals surface area contributed by atoms with Crippen molar-refractivity contribution in [2.24, 2.45) is 23.7 Å². The molecule has 0 aliphatic rings. The molecule has 0 aromatic heterocycles. The molecule has 0 aliphatic heterocycles. The highest BCUT2D eigenvalue weighted by Gasteiger charge is 2.16. The average Bonchev–Trinajstić information content (AvgIpc) is 3.02. The smallest absolute Gasteiger partial charge is 0.0598 e. The molecular weight excluding hydrogens is 512 g/mol. The second-order valence-corrected chi connectivity index (χ2v) is 13.1. The molecular formula is C38H74N4. The van der Waals surface area contributed by atoms with E-state index in [0.29, 0.717) is 0 Å². The lowest BCUT2D eigenvalue weighted by Crippen LogP contribution is -2.20. The van der Waals surface area contributed by atoms with Crippen LogP contribution in [-0.2, 0) is 0 Å². The molecule has 4 heteroatoms. The number of unbranched alkanes of at least 4 members (excludes halogenated alkanes) is 4. The third-order valence-electron chi connectivity index (χ3n) is 9.66. The van der Waals surface area contributed by atoms with Crippen LogP contribution in [0.4, 0.5) is 22.7 Å². The van der Waals surface area contributed by atoms with Gasteiger partial charge >= 0.3 is 0 Å². The van der Waals surface area contributed by atoms with Crippen LogP contribution in [0, 0.1) is 23.7 Å². The molecule has 1 aromatic carbocycles. The van der Waals surface area contributed by atoms with E-state index in [0.717, 1.165) is 49.9 Å². The lowest BCUT2D eigenvalue weighted by Gasteiger charge is -2.25.